The highest BCUT2D eigenvalue weighted by Gasteiger charge is 2.25. The SMILES string of the molecule is Cc1[nH]c2ccccc2c1CC(=O)N1CCc2[nH]c3c(Br)cccc3c2C1. The molecule has 4 nitrogen and oxygen atoms in total. The zero-order valence-corrected chi connectivity index (χ0v) is 16.7. The van der Waals surface area contributed by atoms with Gasteiger partial charge in [0.1, 0.15) is 0 Å². The molecule has 0 fully saturated rings. The van der Waals surface area contributed by atoms with Gasteiger partial charge in [0.2, 0.25) is 5.91 Å². The minimum absolute atomic E-state index is 0.192. The van der Waals surface area contributed by atoms with E-state index in [-0.39, 0.29) is 5.91 Å². The topological polar surface area (TPSA) is 51.9 Å². The number of halogens is 1. The predicted molar refractivity (Wildman–Crippen MR) is 112 cm³/mol. The molecule has 0 unspecified atom stereocenters. The van der Waals surface area contributed by atoms with Gasteiger partial charge >= 0.3 is 0 Å². The molecule has 0 bridgehead atoms. The van der Waals surface area contributed by atoms with Crippen molar-refractivity contribution in [3.05, 3.63) is 69.5 Å². The van der Waals surface area contributed by atoms with E-state index in [9.17, 15) is 4.79 Å². The summed E-state index contributed by atoms with van der Waals surface area (Å²) in [6.07, 6.45) is 1.31. The Bertz CT molecular complexity index is 1190. The summed E-state index contributed by atoms with van der Waals surface area (Å²) in [5.41, 5.74) is 6.93. The lowest BCUT2D eigenvalue weighted by Crippen LogP contribution is -2.36. The highest BCUT2D eigenvalue weighted by atomic mass is 79.9. The first-order chi connectivity index (χ1) is 13.1. The minimum Gasteiger partial charge on any atom is -0.358 e. The molecule has 2 N–H and O–H groups in total. The fourth-order valence-electron chi connectivity index (χ4n) is 4.24. The maximum Gasteiger partial charge on any atom is 0.227 e. The maximum atomic E-state index is 13.1. The first-order valence-electron chi connectivity index (χ1n) is 9.23. The molecule has 2 aromatic carbocycles. The molecule has 0 saturated carbocycles. The van der Waals surface area contributed by atoms with Crippen molar-refractivity contribution in [2.45, 2.75) is 26.3 Å². The normalized spacial score (nSPS) is 14.1. The number of aryl methyl sites for hydroxylation is 1. The summed E-state index contributed by atoms with van der Waals surface area (Å²) >= 11 is 3.62. The lowest BCUT2D eigenvalue weighted by molar-refractivity contribution is -0.131. The van der Waals surface area contributed by atoms with Crippen molar-refractivity contribution in [3.8, 4) is 0 Å². The Morgan fingerprint density at radius 3 is 2.81 bits per heavy atom. The Morgan fingerprint density at radius 2 is 1.93 bits per heavy atom. The summed E-state index contributed by atoms with van der Waals surface area (Å²) in [6.45, 7) is 3.48. The van der Waals surface area contributed by atoms with E-state index in [1.165, 1.54) is 16.6 Å². The second-order valence-corrected chi connectivity index (χ2v) is 8.12. The number of nitrogens with zero attached hydrogens (tertiary/aromatic N) is 1. The zero-order valence-electron chi connectivity index (χ0n) is 15.1. The molecule has 1 aliphatic rings. The van der Waals surface area contributed by atoms with Crippen LogP contribution in [0.5, 0.6) is 0 Å². The summed E-state index contributed by atoms with van der Waals surface area (Å²) in [4.78, 5) is 22.0. The third-order valence-corrected chi connectivity index (χ3v) is 6.33. The van der Waals surface area contributed by atoms with Gasteiger partial charge in [-0.2, -0.15) is 0 Å². The average molecular weight is 422 g/mol. The van der Waals surface area contributed by atoms with E-state index in [1.54, 1.807) is 0 Å². The molecule has 27 heavy (non-hydrogen) atoms. The summed E-state index contributed by atoms with van der Waals surface area (Å²) in [6, 6.07) is 14.4. The zero-order chi connectivity index (χ0) is 18.5. The van der Waals surface area contributed by atoms with E-state index in [2.05, 4.69) is 50.2 Å². The molecule has 0 atom stereocenters. The molecule has 0 aliphatic carbocycles. The number of rotatable bonds is 2. The van der Waals surface area contributed by atoms with Gasteiger partial charge in [-0.3, -0.25) is 4.79 Å². The fraction of sp³-hybridized carbons (Fsp3) is 0.227. The maximum absolute atomic E-state index is 13.1. The van der Waals surface area contributed by atoms with Gasteiger partial charge in [-0.25, -0.2) is 0 Å². The van der Waals surface area contributed by atoms with E-state index in [0.717, 1.165) is 45.1 Å². The largest absolute Gasteiger partial charge is 0.358 e. The Morgan fingerprint density at radius 1 is 1.11 bits per heavy atom. The van der Waals surface area contributed by atoms with Gasteiger partial charge in [0, 0.05) is 57.2 Å². The first-order valence-corrected chi connectivity index (χ1v) is 10.0. The van der Waals surface area contributed by atoms with E-state index < -0.39 is 0 Å². The monoisotopic (exact) mass is 421 g/mol. The smallest absolute Gasteiger partial charge is 0.227 e. The number of nitrogens with one attached hydrogen (secondary N) is 2. The number of H-pyrrole nitrogens is 2. The van der Waals surface area contributed by atoms with E-state index in [1.807, 2.05) is 30.0 Å². The number of aromatic amines is 2. The Labute approximate surface area is 165 Å². The van der Waals surface area contributed by atoms with E-state index >= 15 is 0 Å². The van der Waals surface area contributed by atoms with Crippen LogP contribution < -0.4 is 0 Å². The van der Waals surface area contributed by atoms with Crippen molar-refractivity contribution >= 4 is 43.6 Å². The molecule has 0 saturated heterocycles. The van der Waals surface area contributed by atoms with Crippen LogP contribution in [-0.2, 0) is 24.2 Å². The third kappa shape index (κ3) is 2.69. The van der Waals surface area contributed by atoms with Crippen LogP contribution >= 0.6 is 15.9 Å². The number of hydrogen-bond acceptors (Lipinski definition) is 1. The molecule has 3 heterocycles. The molecular weight excluding hydrogens is 402 g/mol. The van der Waals surface area contributed by atoms with Crippen molar-refractivity contribution < 1.29 is 4.79 Å². The van der Waals surface area contributed by atoms with Crippen LogP contribution in [0.3, 0.4) is 0 Å². The Kier molecular flexibility index (Phi) is 3.86. The first kappa shape index (κ1) is 16.6. The van der Waals surface area contributed by atoms with Crippen molar-refractivity contribution in [2.75, 3.05) is 6.54 Å². The van der Waals surface area contributed by atoms with Gasteiger partial charge in [0.05, 0.1) is 11.9 Å². The van der Waals surface area contributed by atoms with Crippen molar-refractivity contribution in [2.24, 2.45) is 0 Å². The number of para-hydroxylation sites is 2. The molecule has 5 rings (SSSR count). The van der Waals surface area contributed by atoms with Crippen LogP contribution in [0.4, 0.5) is 0 Å². The lowest BCUT2D eigenvalue weighted by Gasteiger charge is -2.27. The molecule has 2 aromatic heterocycles. The molecular formula is C22H20BrN3O. The van der Waals surface area contributed by atoms with Crippen LogP contribution in [0.2, 0.25) is 0 Å². The highest BCUT2D eigenvalue weighted by molar-refractivity contribution is 9.10. The average Bonchev–Trinajstić information content (AvgIpc) is 3.20. The van der Waals surface area contributed by atoms with Gasteiger partial charge < -0.3 is 14.9 Å². The van der Waals surface area contributed by atoms with Crippen molar-refractivity contribution in [1.82, 2.24) is 14.9 Å². The van der Waals surface area contributed by atoms with Gasteiger partial charge in [-0.05, 0) is 40.5 Å². The minimum atomic E-state index is 0.192. The van der Waals surface area contributed by atoms with Gasteiger partial charge in [0.25, 0.3) is 0 Å². The highest BCUT2D eigenvalue weighted by Crippen LogP contribution is 2.32. The number of aromatic nitrogens is 2. The van der Waals surface area contributed by atoms with Crippen molar-refractivity contribution in [3.63, 3.8) is 0 Å². The number of carbonyl (C=O) groups is 1. The quantitative estimate of drug-likeness (QED) is 0.477. The lowest BCUT2D eigenvalue weighted by atomic mass is 10.0. The molecule has 5 heteroatoms. The molecule has 1 amide bonds. The Hall–Kier alpha value is -2.53. The summed E-state index contributed by atoms with van der Waals surface area (Å²) in [5.74, 6) is 0.192. The van der Waals surface area contributed by atoms with Crippen molar-refractivity contribution in [1.29, 1.82) is 0 Å². The van der Waals surface area contributed by atoms with Crippen LogP contribution in [0.25, 0.3) is 21.8 Å². The number of benzene rings is 2. The number of carbonyl (C=O) groups excluding carboxylic acids is 1. The number of hydrogen-bond donors (Lipinski definition) is 2. The van der Waals surface area contributed by atoms with Crippen LogP contribution in [0.15, 0.2) is 46.9 Å². The van der Waals surface area contributed by atoms with Gasteiger partial charge in [0.15, 0.2) is 0 Å². The summed E-state index contributed by atoms with van der Waals surface area (Å²) < 4.78 is 1.07. The van der Waals surface area contributed by atoms with Gasteiger partial charge in [-0.1, -0.05) is 30.3 Å². The molecule has 136 valence electrons. The van der Waals surface area contributed by atoms with Crippen LogP contribution in [-0.4, -0.2) is 27.3 Å². The second kappa shape index (κ2) is 6.27. The fourth-order valence-corrected chi connectivity index (χ4v) is 4.71. The predicted octanol–water partition coefficient (Wildman–Crippen LogP) is 4.85. The third-order valence-electron chi connectivity index (χ3n) is 5.67. The second-order valence-electron chi connectivity index (χ2n) is 7.26. The van der Waals surface area contributed by atoms with Crippen LogP contribution in [0.1, 0.15) is 22.5 Å². The summed E-state index contributed by atoms with van der Waals surface area (Å²) in [7, 11) is 0. The van der Waals surface area contributed by atoms with E-state index in [4.69, 9.17) is 0 Å². The molecule has 4 aromatic rings. The molecule has 0 spiro atoms. The van der Waals surface area contributed by atoms with Gasteiger partial charge in [-0.15, -0.1) is 0 Å². The Balaban J connectivity index is 1.44. The number of amides is 1. The standard InChI is InChI=1S/C22H20BrN3O/c1-13-16(14-5-2-3-8-19(14)24-13)11-21(27)26-10-9-20-17(12-26)15-6-4-7-18(23)22(15)25-20/h2-8,24-25H,9-12H2,1H3. The van der Waals surface area contributed by atoms with E-state index in [0.29, 0.717) is 13.0 Å². The summed E-state index contributed by atoms with van der Waals surface area (Å²) in [5, 5.41) is 2.36. The molecule has 1 aliphatic heterocycles. The molecule has 0 radical (unpaired) electrons. The number of fused-ring (bicyclic) bond motifs is 4. The van der Waals surface area contributed by atoms with Crippen LogP contribution in [0, 0.1) is 6.92 Å².